The summed E-state index contributed by atoms with van der Waals surface area (Å²) in [5, 5.41) is 20.5. The predicted molar refractivity (Wildman–Crippen MR) is 66.2 cm³/mol. The van der Waals surface area contributed by atoms with Crippen molar-refractivity contribution in [3.63, 3.8) is 0 Å². The lowest BCUT2D eigenvalue weighted by Crippen LogP contribution is -2.42. The van der Waals surface area contributed by atoms with E-state index in [1.54, 1.807) is 6.08 Å². The van der Waals surface area contributed by atoms with Crippen LogP contribution in [0.5, 0.6) is 0 Å². The van der Waals surface area contributed by atoms with Gasteiger partial charge in [0, 0.05) is 5.57 Å². The molecule has 1 aromatic carbocycles. The fourth-order valence-corrected chi connectivity index (χ4v) is 2.06. The van der Waals surface area contributed by atoms with Gasteiger partial charge in [-0.1, -0.05) is 42.5 Å². The first-order valence-electron chi connectivity index (χ1n) is 5.43. The Kier molecular flexibility index (Phi) is 2.19. The van der Waals surface area contributed by atoms with Crippen LogP contribution >= 0.6 is 0 Å². The molecule has 88 valence electrons. The summed E-state index contributed by atoms with van der Waals surface area (Å²) < 4.78 is 0. The molecular formula is C13H9N3O2. The van der Waals surface area contributed by atoms with Crippen molar-refractivity contribution >= 4 is 17.3 Å². The van der Waals surface area contributed by atoms with Gasteiger partial charge in [-0.3, -0.25) is 0 Å². The van der Waals surface area contributed by atoms with Crippen LogP contribution < -0.4 is 0 Å². The third kappa shape index (κ3) is 1.34. The molecule has 3 rings (SSSR count). The average molecular weight is 239 g/mol. The van der Waals surface area contributed by atoms with Crippen LogP contribution in [-0.2, 0) is 4.79 Å². The molecule has 1 unspecified atom stereocenters. The molecule has 0 amide bonds. The molecule has 1 atom stereocenters. The number of carboxylic acids is 1. The van der Waals surface area contributed by atoms with Gasteiger partial charge in [0.05, 0.1) is 0 Å². The lowest BCUT2D eigenvalue weighted by Gasteiger charge is -2.22. The Morgan fingerprint density at radius 2 is 2.00 bits per heavy atom. The van der Waals surface area contributed by atoms with E-state index in [1.165, 1.54) is 6.08 Å². The van der Waals surface area contributed by atoms with Gasteiger partial charge in [0.15, 0.2) is 0 Å². The van der Waals surface area contributed by atoms with Gasteiger partial charge in [-0.25, -0.2) is 4.79 Å². The van der Waals surface area contributed by atoms with Crippen molar-refractivity contribution in [1.29, 1.82) is 0 Å². The Morgan fingerprint density at radius 1 is 1.22 bits per heavy atom. The number of hydrogen-bond acceptors (Lipinski definition) is 4. The van der Waals surface area contributed by atoms with Crippen LogP contribution in [0.1, 0.15) is 5.56 Å². The number of allylic oxidation sites excluding steroid dienone is 2. The van der Waals surface area contributed by atoms with Gasteiger partial charge >= 0.3 is 5.97 Å². The molecule has 1 aliphatic heterocycles. The summed E-state index contributed by atoms with van der Waals surface area (Å²) in [6, 6.07) is 9.48. The summed E-state index contributed by atoms with van der Waals surface area (Å²) in [6.45, 7) is 0. The first-order chi connectivity index (χ1) is 8.74. The third-order valence-electron chi connectivity index (χ3n) is 2.97. The van der Waals surface area contributed by atoms with Gasteiger partial charge < -0.3 is 5.11 Å². The van der Waals surface area contributed by atoms with Crippen molar-refractivity contribution in [2.75, 3.05) is 0 Å². The highest BCUT2D eigenvalue weighted by Crippen LogP contribution is 2.34. The summed E-state index contributed by atoms with van der Waals surface area (Å²) >= 11 is 0. The maximum atomic E-state index is 11.4. The van der Waals surface area contributed by atoms with E-state index in [2.05, 4.69) is 15.4 Å². The van der Waals surface area contributed by atoms with Crippen molar-refractivity contribution in [3.05, 3.63) is 54.1 Å². The van der Waals surface area contributed by atoms with E-state index in [9.17, 15) is 9.90 Å². The average Bonchev–Trinajstić information content (AvgIpc) is 2.84. The van der Waals surface area contributed by atoms with Crippen molar-refractivity contribution in [2.45, 2.75) is 5.54 Å². The number of rotatable bonds is 2. The Morgan fingerprint density at radius 3 is 2.72 bits per heavy atom. The van der Waals surface area contributed by atoms with E-state index < -0.39 is 11.5 Å². The van der Waals surface area contributed by atoms with Gasteiger partial charge in [-0.2, -0.15) is 0 Å². The number of fused-ring (bicyclic) bond motifs is 1. The molecule has 0 fully saturated rings. The highest BCUT2D eigenvalue weighted by atomic mass is 16.4. The molecule has 5 nitrogen and oxygen atoms in total. The summed E-state index contributed by atoms with van der Waals surface area (Å²) in [5.41, 5.74) is 0.549. The van der Waals surface area contributed by atoms with Gasteiger partial charge in [-0.05, 0) is 16.9 Å². The fraction of sp³-hybridized carbons (Fsp3) is 0.0769. The van der Waals surface area contributed by atoms with Crippen LogP contribution in [0.15, 0.2) is 64.0 Å². The number of nitrogens with zero attached hydrogens (tertiary/aromatic N) is 3. The number of benzene rings is 1. The molecule has 5 heteroatoms. The third-order valence-corrected chi connectivity index (χ3v) is 2.97. The molecule has 0 bridgehead atoms. The Balaban J connectivity index is 2.13. The molecule has 18 heavy (non-hydrogen) atoms. The van der Waals surface area contributed by atoms with Crippen molar-refractivity contribution in [1.82, 2.24) is 0 Å². The number of hydrogen-bond donors (Lipinski definition) is 1. The van der Waals surface area contributed by atoms with Crippen LogP contribution in [0.25, 0.3) is 5.57 Å². The minimum atomic E-state index is -1.46. The molecule has 1 N–H and O–H groups in total. The molecule has 0 saturated carbocycles. The Bertz CT molecular complexity index is 629. The molecule has 1 aromatic rings. The molecule has 0 spiro atoms. The zero-order chi connectivity index (χ0) is 12.6. The highest BCUT2D eigenvalue weighted by Gasteiger charge is 2.48. The Labute approximate surface area is 103 Å². The smallest absolute Gasteiger partial charge is 0.344 e. The number of carbonyl (C=O) groups is 1. The summed E-state index contributed by atoms with van der Waals surface area (Å²) in [6.07, 6.45) is 5.00. The van der Waals surface area contributed by atoms with Crippen LogP contribution in [0, 0.1) is 0 Å². The molecule has 0 aromatic heterocycles. The monoisotopic (exact) mass is 239 g/mol. The zero-order valence-corrected chi connectivity index (χ0v) is 9.32. The van der Waals surface area contributed by atoms with Crippen LogP contribution in [0.2, 0.25) is 0 Å². The number of carboxylic acid groups (broad SMARTS) is 1. The quantitative estimate of drug-likeness (QED) is 0.859. The van der Waals surface area contributed by atoms with E-state index in [1.807, 2.05) is 36.4 Å². The normalized spacial score (nSPS) is 24.4. The van der Waals surface area contributed by atoms with Crippen molar-refractivity contribution in [3.8, 4) is 0 Å². The minimum Gasteiger partial charge on any atom is -0.479 e. The Hall–Kier alpha value is -2.56. The predicted octanol–water partition coefficient (Wildman–Crippen LogP) is 2.29. The van der Waals surface area contributed by atoms with Crippen molar-refractivity contribution in [2.24, 2.45) is 15.4 Å². The molecule has 0 radical (unpaired) electrons. The lowest BCUT2D eigenvalue weighted by atomic mass is 9.82. The summed E-state index contributed by atoms with van der Waals surface area (Å²) in [4.78, 5) is 11.4. The van der Waals surface area contributed by atoms with Crippen molar-refractivity contribution < 1.29 is 9.90 Å². The fourth-order valence-electron chi connectivity index (χ4n) is 2.06. The van der Waals surface area contributed by atoms with E-state index in [0.717, 1.165) is 11.1 Å². The summed E-state index contributed by atoms with van der Waals surface area (Å²) in [7, 11) is 0. The van der Waals surface area contributed by atoms with E-state index in [4.69, 9.17) is 0 Å². The second kappa shape index (κ2) is 3.73. The van der Waals surface area contributed by atoms with Crippen LogP contribution in [0.4, 0.5) is 0 Å². The first kappa shape index (κ1) is 10.6. The second-order valence-electron chi connectivity index (χ2n) is 4.02. The van der Waals surface area contributed by atoms with E-state index in [-0.39, 0.29) is 0 Å². The lowest BCUT2D eigenvalue weighted by molar-refractivity contribution is -0.139. The minimum absolute atomic E-state index is 0.365. The maximum Gasteiger partial charge on any atom is 0.344 e. The topological polar surface area (TPSA) is 74.4 Å². The maximum absolute atomic E-state index is 11.4. The van der Waals surface area contributed by atoms with Gasteiger partial charge in [0.2, 0.25) is 5.54 Å². The van der Waals surface area contributed by atoms with Gasteiger partial charge in [-0.15, -0.1) is 10.2 Å². The second-order valence-corrected chi connectivity index (χ2v) is 4.02. The molecule has 1 heterocycles. The first-order valence-corrected chi connectivity index (χ1v) is 5.43. The van der Waals surface area contributed by atoms with Crippen LogP contribution in [-0.4, -0.2) is 22.3 Å². The molecular weight excluding hydrogens is 230 g/mol. The number of aliphatic carboxylic acids is 1. The zero-order valence-electron chi connectivity index (χ0n) is 9.32. The standard InChI is InChI=1S/C13H9N3O2/c17-12(18)13-8-4-7-10(11(13)14-16-15-13)9-5-2-1-3-6-9/h1-8H,(H,17,18). The SMILES string of the molecule is O=C(O)C12C=CC=C(c3ccccc3)C1=NN=N2. The molecule has 1 aliphatic carbocycles. The summed E-state index contributed by atoms with van der Waals surface area (Å²) in [5.74, 6) is -1.07. The van der Waals surface area contributed by atoms with Gasteiger partial charge in [0.1, 0.15) is 5.71 Å². The van der Waals surface area contributed by atoms with Crippen LogP contribution in [0.3, 0.4) is 0 Å². The highest BCUT2D eigenvalue weighted by molar-refractivity contribution is 6.36. The molecule has 0 saturated heterocycles. The largest absolute Gasteiger partial charge is 0.479 e. The van der Waals surface area contributed by atoms with Gasteiger partial charge in [0.25, 0.3) is 0 Å². The van der Waals surface area contributed by atoms with E-state index >= 15 is 0 Å². The van der Waals surface area contributed by atoms with E-state index in [0.29, 0.717) is 5.71 Å². The molecule has 2 aliphatic rings.